The molecule has 2 aliphatic rings. The number of hydrogen-bond acceptors (Lipinski definition) is 3. The number of nitrogens with two attached hydrogens (primary N) is 1. The molecule has 1 aliphatic heterocycles. The molecule has 3 N–H and O–H groups in total. The van der Waals surface area contributed by atoms with E-state index in [0.717, 1.165) is 26.1 Å². The van der Waals surface area contributed by atoms with Crippen LogP contribution < -0.4 is 11.1 Å². The van der Waals surface area contributed by atoms with Crippen molar-refractivity contribution >= 4 is 0 Å². The Morgan fingerprint density at radius 2 is 2.29 bits per heavy atom. The van der Waals surface area contributed by atoms with Crippen LogP contribution in [0.2, 0.25) is 0 Å². The predicted molar refractivity (Wildman–Crippen MR) is 57.2 cm³/mol. The Kier molecular flexibility index (Phi) is 3.42. The molecule has 0 aromatic carbocycles. The smallest absolute Gasteiger partial charge is 0.0697 e. The van der Waals surface area contributed by atoms with Gasteiger partial charge in [0.15, 0.2) is 0 Å². The van der Waals surface area contributed by atoms with Crippen LogP contribution in [0.1, 0.15) is 38.5 Å². The minimum Gasteiger partial charge on any atom is -0.375 e. The first-order chi connectivity index (χ1) is 6.85. The van der Waals surface area contributed by atoms with Crippen LogP contribution in [-0.2, 0) is 4.74 Å². The Morgan fingerprint density at radius 3 is 2.93 bits per heavy atom. The summed E-state index contributed by atoms with van der Waals surface area (Å²) in [5.74, 6) is 0. The molecule has 2 fully saturated rings. The van der Waals surface area contributed by atoms with Crippen LogP contribution in [0, 0.1) is 0 Å². The van der Waals surface area contributed by atoms with Crippen molar-refractivity contribution in [1.29, 1.82) is 0 Å². The highest BCUT2D eigenvalue weighted by atomic mass is 16.5. The zero-order chi connectivity index (χ0) is 9.86. The lowest BCUT2D eigenvalue weighted by Crippen LogP contribution is -2.51. The lowest BCUT2D eigenvalue weighted by atomic mass is 9.74. The fraction of sp³-hybridized carbons (Fsp3) is 1.00. The first-order valence-corrected chi connectivity index (χ1v) is 5.92. The van der Waals surface area contributed by atoms with Crippen molar-refractivity contribution in [1.82, 2.24) is 5.32 Å². The molecule has 1 atom stereocenters. The predicted octanol–water partition coefficient (Wildman–Crippen LogP) is 1.03. The quantitative estimate of drug-likeness (QED) is 0.663. The topological polar surface area (TPSA) is 47.3 Å². The number of rotatable bonds is 4. The highest BCUT2D eigenvalue weighted by Gasteiger charge is 2.42. The van der Waals surface area contributed by atoms with Gasteiger partial charge in [-0.2, -0.15) is 0 Å². The Hall–Kier alpha value is -0.120. The van der Waals surface area contributed by atoms with Crippen LogP contribution in [0.4, 0.5) is 0 Å². The summed E-state index contributed by atoms with van der Waals surface area (Å²) in [5.41, 5.74) is 5.75. The average Bonchev–Trinajstić information content (AvgIpc) is 2.17. The van der Waals surface area contributed by atoms with E-state index in [0.29, 0.717) is 6.04 Å². The van der Waals surface area contributed by atoms with Gasteiger partial charge >= 0.3 is 0 Å². The molecule has 1 heterocycles. The van der Waals surface area contributed by atoms with Gasteiger partial charge in [-0.3, -0.25) is 0 Å². The van der Waals surface area contributed by atoms with Crippen LogP contribution in [0.5, 0.6) is 0 Å². The average molecular weight is 198 g/mol. The maximum Gasteiger partial charge on any atom is 0.0697 e. The monoisotopic (exact) mass is 198 g/mol. The van der Waals surface area contributed by atoms with Gasteiger partial charge in [-0.25, -0.2) is 0 Å². The van der Waals surface area contributed by atoms with E-state index in [4.69, 9.17) is 10.5 Å². The third-order valence-corrected chi connectivity index (χ3v) is 3.57. The Balaban J connectivity index is 1.71. The van der Waals surface area contributed by atoms with E-state index >= 15 is 0 Å². The molecule has 0 amide bonds. The molecular weight excluding hydrogens is 176 g/mol. The summed E-state index contributed by atoms with van der Waals surface area (Å²) in [4.78, 5) is 0. The largest absolute Gasteiger partial charge is 0.375 e. The zero-order valence-electron chi connectivity index (χ0n) is 8.93. The van der Waals surface area contributed by atoms with Crippen molar-refractivity contribution in [3.05, 3.63) is 0 Å². The third kappa shape index (κ3) is 2.27. The van der Waals surface area contributed by atoms with E-state index in [-0.39, 0.29) is 5.60 Å². The highest BCUT2D eigenvalue weighted by molar-refractivity contribution is 4.95. The SMILES string of the molecule is NCCCNC1CCOC2(CCC2)C1. The van der Waals surface area contributed by atoms with E-state index in [1.807, 2.05) is 0 Å². The molecule has 0 aromatic heterocycles. The van der Waals surface area contributed by atoms with E-state index in [9.17, 15) is 0 Å². The number of hydrogen-bond donors (Lipinski definition) is 2. The van der Waals surface area contributed by atoms with E-state index < -0.39 is 0 Å². The maximum absolute atomic E-state index is 5.87. The lowest BCUT2D eigenvalue weighted by Gasteiger charge is -2.47. The summed E-state index contributed by atoms with van der Waals surface area (Å²) in [6.45, 7) is 2.80. The summed E-state index contributed by atoms with van der Waals surface area (Å²) < 4.78 is 5.87. The minimum atomic E-state index is 0.276. The molecule has 3 heteroatoms. The van der Waals surface area contributed by atoms with Gasteiger partial charge in [0.2, 0.25) is 0 Å². The second kappa shape index (κ2) is 4.60. The van der Waals surface area contributed by atoms with Gasteiger partial charge in [-0.05, 0) is 51.6 Å². The minimum absolute atomic E-state index is 0.276. The molecule has 1 spiro atoms. The second-order valence-corrected chi connectivity index (χ2v) is 4.67. The zero-order valence-corrected chi connectivity index (χ0v) is 8.93. The molecule has 2 rings (SSSR count). The van der Waals surface area contributed by atoms with Gasteiger partial charge in [-0.15, -0.1) is 0 Å². The second-order valence-electron chi connectivity index (χ2n) is 4.67. The van der Waals surface area contributed by atoms with Crippen molar-refractivity contribution in [2.45, 2.75) is 50.2 Å². The first-order valence-electron chi connectivity index (χ1n) is 5.92. The molecule has 1 saturated heterocycles. The molecule has 0 bridgehead atoms. The van der Waals surface area contributed by atoms with Crippen LogP contribution >= 0.6 is 0 Å². The molecule has 0 radical (unpaired) electrons. The molecule has 14 heavy (non-hydrogen) atoms. The maximum atomic E-state index is 5.87. The molecule has 0 aromatic rings. The summed E-state index contributed by atoms with van der Waals surface area (Å²) in [5, 5.41) is 3.59. The van der Waals surface area contributed by atoms with Crippen LogP contribution in [0.25, 0.3) is 0 Å². The number of nitrogens with one attached hydrogen (secondary N) is 1. The number of ether oxygens (including phenoxy) is 1. The fourth-order valence-corrected chi connectivity index (χ4v) is 2.53. The van der Waals surface area contributed by atoms with E-state index in [1.54, 1.807) is 0 Å². The third-order valence-electron chi connectivity index (χ3n) is 3.57. The van der Waals surface area contributed by atoms with Gasteiger partial charge in [0.1, 0.15) is 0 Å². The molecule has 1 saturated carbocycles. The van der Waals surface area contributed by atoms with E-state index in [1.165, 1.54) is 32.1 Å². The van der Waals surface area contributed by atoms with E-state index in [2.05, 4.69) is 5.32 Å². The van der Waals surface area contributed by atoms with Gasteiger partial charge in [0, 0.05) is 12.6 Å². The highest BCUT2D eigenvalue weighted by Crippen LogP contribution is 2.42. The van der Waals surface area contributed by atoms with Gasteiger partial charge in [0.25, 0.3) is 0 Å². The summed E-state index contributed by atoms with van der Waals surface area (Å²) in [6.07, 6.45) is 7.40. The molecule has 1 aliphatic carbocycles. The van der Waals surface area contributed by atoms with Gasteiger partial charge < -0.3 is 15.8 Å². The Labute approximate surface area is 86.4 Å². The van der Waals surface area contributed by atoms with Crippen molar-refractivity contribution in [3.8, 4) is 0 Å². The molecule has 82 valence electrons. The van der Waals surface area contributed by atoms with Crippen molar-refractivity contribution < 1.29 is 4.74 Å². The summed E-state index contributed by atoms with van der Waals surface area (Å²) in [6, 6.07) is 0.676. The molecular formula is C11H22N2O. The van der Waals surface area contributed by atoms with Crippen molar-refractivity contribution in [3.63, 3.8) is 0 Å². The van der Waals surface area contributed by atoms with Gasteiger partial charge in [-0.1, -0.05) is 0 Å². The fourth-order valence-electron chi connectivity index (χ4n) is 2.53. The first kappa shape index (κ1) is 10.4. The normalized spacial score (nSPS) is 30.2. The standard InChI is InChI=1S/C11H22N2O/c12-6-2-7-13-10-3-8-14-11(9-10)4-1-5-11/h10,13H,1-9,12H2. The van der Waals surface area contributed by atoms with Crippen LogP contribution in [0.15, 0.2) is 0 Å². The lowest BCUT2D eigenvalue weighted by molar-refractivity contribution is -0.135. The summed E-state index contributed by atoms with van der Waals surface area (Å²) in [7, 11) is 0. The van der Waals surface area contributed by atoms with Crippen LogP contribution in [0.3, 0.4) is 0 Å². The Morgan fingerprint density at radius 1 is 1.43 bits per heavy atom. The van der Waals surface area contributed by atoms with Crippen molar-refractivity contribution in [2.24, 2.45) is 5.73 Å². The molecule has 1 unspecified atom stereocenters. The molecule has 3 nitrogen and oxygen atoms in total. The van der Waals surface area contributed by atoms with Crippen molar-refractivity contribution in [2.75, 3.05) is 19.7 Å². The van der Waals surface area contributed by atoms with Gasteiger partial charge in [0.05, 0.1) is 5.60 Å². The Bertz CT molecular complexity index is 180. The van der Waals surface area contributed by atoms with Crippen LogP contribution in [-0.4, -0.2) is 31.3 Å². The summed E-state index contributed by atoms with van der Waals surface area (Å²) >= 11 is 0.